The number of hydrogen-bond acceptors (Lipinski definition) is 4. The van der Waals surface area contributed by atoms with Crippen LogP contribution in [0.1, 0.15) is 40.5 Å². The molecule has 0 fully saturated rings. The summed E-state index contributed by atoms with van der Waals surface area (Å²) in [5.41, 5.74) is 3.87. The zero-order chi connectivity index (χ0) is 21.5. The van der Waals surface area contributed by atoms with Crippen LogP contribution in [0.5, 0.6) is 5.75 Å². The van der Waals surface area contributed by atoms with Crippen LogP contribution in [0.15, 0.2) is 66.0 Å². The van der Waals surface area contributed by atoms with E-state index in [1.807, 2.05) is 35.7 Å². The molecule has 3 aromatic rings. The number of benzene rings is 2. The quantitative estimate of drug-likeness (QED) is 0.563. The Bertz CT molecular complexity index is 1020. The first-order valence-electron chi connectivity index (χ1n) is 10.6. The van der Waals surface area contributed by atoms with Crippen molar-refractivity contribution in [1.82, 2.24) is 10.6 Å². The van der Waals surface area contributed by atoms with E-state index in [4.69, 9.17) is 4.74 Å². The fraction of sp³-hybridized carbons (Fsp3) is 0.280. The van der Waals surface area contributed by atoms with Gasteiger partial charge in [-0.2, -0.15) is 0 Å². The number of nitrogens with one attached hydrogen (secondary N) is 2. The van der Waals surface area contributed by atoms with Crippen LogP contribution in [-0.2, 0) is 22.4 Å². The Hall–Kier alpha value is -3.12. The zero-order valence-corrected chi connectivity index (χ0v) is 18.1. The number of aryl methyl sites for hydroxylation is 2. The molecule has 0 saturated carbocycles. The third-order valence-electron chi connectivity index (χ3n) is 5.40. The summed E-state index contributed by atoms with van der Waals surface area (Å²) in [5.74, 6) is 0.0527. The van der Waals surface area contributed by atoms with Gasteiger partial charge in [0.2, 0.25) is 5.91 Å². The van der Waals surface area contributed by atoms with E-state index in [-0.39, 0.29) is 31.0 Å². The van der Waals surface area contributed by atoms with Gasteiger partial charge < -0.3 is 15.4 Å². The molecule has 1 aromatic heterocycles. The number of fused-ring (bicyclic) bond motifs is 1. The fourth-order valence-corrected chi connectivity index (χ4v) is 4.62. The fourth-order valence-electron chi connectivity index (χ4n) is 3.81. The average Bonchev–Trinajstić information content (AvgIpc) is 3.35. The van der Waals surface area contributed by atoms with E-state index in [2.05, 4.69) is 28.8 Å². The molecule has 2 aromatic carbocycles. The lowest BCUT2D eigenvalue weighted by atomic mass is 9.89. The molecule has 2 N–H and O–H groups in total. The van der Waals surface area contributed by atoms with Gasteiger partial charge in [0, 0.05) is 4.88 Å². The van der Waals surface area contributed by atoms with E-state index < -0.39 is 0 Å². The van der Waals surface area contributed by atoms with Crippen LogP contribution >= 0.6 is 11.3 Å². The van der Waals surface area contributed by atoms with Gasteiger partial charge in [0.1, 0.15) is 5.75 Å². The summed E-state index contributed by atoms with van der Waals surface area (Å²) in [6.45, 7) is -0.222. The van der Waals surface area contributed by atoms with Gasteiger partial charge in [0.05, 0.1) is 12.6 Å². The summed E-state index contributed by atoms with van der Waals surface area (Å²) in [5, 5.41) is 7.73. The summed E-state index contributed by atoms with van der Waals surface area (Å²) >= 11 is 1.61. The Morgan fingerprint density at radius 2 is 1.74 bits per heavy atom. The highest BCUT2D eigenvalue weighted by Crippen LogP contribution is 2.30. The van der Waals surface area contributed by atoms with Crippen molar-refractivity contribution in [3.8, 4) is 5.75 Å². The van der Waals surface area contributed by atoms with E-state index >= 15 is 0 Å². The molecule has 0 saturated heterocycles. The first kappa shape index (κ1) is 21.1. The number of thiophene rings is 1. The van der Waals surface area contributed by atoms with Crippen molar-refractivity contribution in [1.29, 1.82) is 0 Å². The molecule has 160 valence electrons. The van der Waals surface area contributed by atoms with Gasteiger partial charge in [-0.05, 0) is 66.0 Å². The van der Waals surface area contributed by atoms with Crippen molar-refractivity contribution >= 4 is 23.2 Å². The van der Waals surface area contributed by atoms with E-state index in [0.717, 1.165) is 23.3 Å². The lowest BCUT2D eigenvalue weighted by molar-refractivity contribution is -0.127. The van der Waals surface area contributed by atoms with Gasteiger partial charge in [0.25, 0.3) is 5.91 Å². The van der Waals surface area contributed by atoms with Crippen molar-refractivity contribution in [3.05, 3.63) is 87.6 Å². The predicted octanol–water partition coefficient (Wildman–Crippen LogP) is 4.03. The van der Waals surface area contributed by atoms with Gasteiger partial charge in [-0.15, -0.1) is 11.3 Å². The third kappa shape index (κ3) is 5.73. The second-order valence-corrected chi connectivity index (χ2v) is 8.61. The molecule has 1 heterocycles. The minimum Gasteiger partial charge on any atom is -0.484 e. The molecule has 2 amide bonds. The van der Waals surface area contributed by atoms with Crippen molar-refractivity contribution in [2.75, 3.05) is 13.2 Å². The summed E-state index contributed by atoms with van der Waals surface area (Å²) in [7, 11) is 0. The number of hydrogen-bond donors (Lipinski definition) is 2. The Morgan fingerprint density at radius 3 is 2.52 bits per heavy atom. The van der Waals surface area contributed by atoms with Crippen LogP contribution in [0, 0.1) is 0 Å². The summed E-state index contributed by atoms with van der Waals surface area (Å²) in [4.78, 5) is 25.8. The minimum absolute atomic E-state index is 0.0935. The maximum atomic E-state index is 12.6. The summed E-state index contributed by atoms with van der Waals surface area (Å²) in [6, 6.07) is 19.4. The molecule has 0 spiro atoms. The van der Waals surface area contributed by atoms with Crippen LogP contribution < -0.4 is 15.4 Å². The van der Waals surface area contributed by atoms with E-state index in [1.54, 1.807) is 23.5 Å². The molecular formula is C25H26N2O3S. The molecular weight excluding hydrogens is 408 g/mol. The van der Waals surface area contributed by atoms with E-state index in [0.29, 0.717) is 5.75 Å². The number of para-hydroxylation sites is 1. The topological polar surface area (TPSA) is 67.4 Å². The molecule has 1 aliphatic rings. The van der Waals surface area contributed by atoms with Crippen LogP contribution in [0.2, 0.25) is 0 Å². The van der Waals surface area contributed by atoms with Crippen molar-refractivity contribution in [3.63, 3.8) is 0 Å². The molecule has 0 aliphatic heterocycles. The van der Waals surface area contributed by atoms with Crippen molar-refractivity contribution < 1.29 is 14.3 Å². The largest absolute Gasteiger partial charge is 0.484 e. The second-order valence-electron chi connectivity index (χ2n) is 7.63. The van der Waals surface area contributed by atoms with Gasteiger partial charge >= 0.3 is 0 Å². The molecule has 0 radical (unpaired) electrons. The molecule has 4 rings (SSSR count). The smallest absolute Gasteiger partial charge is 0.258 e. The molecule has 5 nitrogen and oxygen atoms in total. The Labute approximate surface area is 186 Å². The lowest BCUT2D eigenvalue weighted by Gasteiger charge is -2.22. The van der Waals surface area contributed by atoms with Crippen LogP contribution in [0.3, 0.4) is 0 Å². The second kappa shape index (κ2) is 10.3. The molecule has 1 aliphatic carbocycles. The van der Waals surface area contributed by atoms with Crippen molar-refractivity contribution in [2.24, 2.45) is 0 Å². The predicted molar refractivity (Wildman–Crippen MR) is 122 cm³/mol. The maximum absolute atomic E-state index is 12.6. The molecule has 1 atom stereocenters. The van der Waals surface area contributed by atoms with Crippen LogP contribution in [0.25, 0.3) is 0 Å². The van der Waals surface area contributed by atoms with Crippen LogP contribution in [0.4, 0.5) is 0 Å². The highest BCUT2D eigenvalue weighted by Gasteiger charge is 2.20. The van der Waals surface area contributed by atoms with Gasteiger partial charge in [-0.1, -0.05) is 42.5 Å². The lowest BCUT2D eigenvalue weighted by Crippen LogP contribution is -2.40. The zero-order valence-electron chi connectivity index (χ0n) is 17.3. The van der Waals surface area contributed by atoms with Crippen LogP contribution in [-0.4, -0.2) is 25.0 Å². The number of carbonyl (C=O) groups excluding carboxylic acids is 2. The van der Waals surface area contributed by atoms with E-state index in [9.17, 15) is 9.59 Å². The van der Waals surface area contributed by atoms with Crippen molar-refractivity contribution in [2.45, 2.75) is 31.7 Å². The highest BCUT2D eigenvalue weighted by molar-refractivity contribution is 7.10. The molecule has 0 bridgehead atoms. The molecule has 31 heavy (non-hydrogen) atoms. The monoisotopic (exact) mass is 434 g/mol. The Morgan fingerprint density at radius 1 is 0.935 bits per heavy atom. The highest BCUT2D eigenvalue weighted by atomic mass is 32.1. The normalized spacial score (nSPS) is 13.7. The third-order valence-corrected chi connectivity index (χ3v) is 6.34. The molecule has 1 unspecified atom stereocenters. The number of rotatable bonds is 8. The number of ether oxygens (including phenoxy) is 1. The Kier molecular flexibility index (Phi) is 6.99. The van der Waals surface area contributed by atoms with Gasteiger partial charge in [0.15, 0.2) is 6.61 Å². The van der Waals surface area contributed by atoms with E-state index in [1.165, 1.54) is 24.0 Å². The minimum atomic E-state index is -0.333. The summed E-state index contributed by atoms with van der Waals surface area (Å²) in [6.07, 6.45) is 4.67. The van der Waals surface area contributed by atoms with Gasteiger partial charge in [-0.25, -0.2) is 0 Å². The Balaban J connectivity index is 1.36. The maximum Gasteiger partial charge on any atom is 0.258 e. The average molecular weight is 435 g/mol. The van der Waals surface area contributed by atoms with Gasteiger partial charge in [-0.3, -0.25) is 9.59 Å². The summed E-state index contributed by atoms with van der Waals surface area (Å²) < 4.78 is 5.42. The molecule has 6 heteroatoms. The number of amides is 2. The number of carbonyl (C=O) groups is 2. The first-order valence-corrected chi connectivity index (χ1v) is 11.5. The first-order chi connectivity index (χ1) is 15.2. The SMILES string of the molecule is O=C(COc1ccccc1)NCC(=O)NC(c1ccc2c(c1)CCCC2)c1cccs1. The standard InChI is InChI=1S/C25H26N2O3S/c28-23(16-26-24(29)17-30-21-9-2-1-3-10-21)27-25(22-11-6-14-31-22)20-13-12-18-7-4-5-8-19(18)15-20/h1-3,6,9-15,25H,4-5,7-8,16-17H2,(H,26,29)(H,27,28).